The number of carboxylic acids is 2. The molecule has 0 saturated heterocycles. The molecule has 0 amide bonds. The van der Waals surface area contributed by atoms with E-state index in [0.717, 1.165) is 6.42 Å². The predicted molar refractivity (Wildman–Crippen MR) is 93.3 cm³/mol. The van der Waals surface area contributed by atoms with E-state index in [2.05, 4.69) is 60.8 Å². The van der Waals surface area contributed by atoms with Crippen LogP contribution in [-0.4, -0.2) is 22.2 Å². The van der Waals surface area contributed by atoms with Crippen molar-refractivity contribution < 1.29 is 19.8 Å². The second-order valence-electron chi connectivity index (χ2n) is 6.28. The number of fused-ring (bicyclic) bond motifs is 7. The van der Waals surface area contributed by atoms with E-state index in [0.29, 0.717) is 18.2 Å². The molecule has 25 heavy (non-hydrogen) atoms. The highest BCUT2D eigenvalue weighted by molar-refractivity contribution is 5.89. The number of nitrogens with one attached hydrogen (secondary N) is 1. The summed E-state index contributed by atoms with van der Waals surface area (Å²) in [7, 11) is 0. The molecule has 0 unspecified atom stereocenters. The summed E-state index contributed by atoms with van der Waals surface area (Å²) in [6, 6.07) is 18.2. The van der Waals surface area contributed by atoms with Crippen molar-refractivity contribution in [1.82, 2.24) is 5.32 Å². The Morgan fingerprint density at radius 2 is 1.56 bits per heavy atom. The van der Waals surface area contributed by atoms with Crippen LogP contribution in [0.1, 0.15) is 35.2 Å². The quantitative estimate of drug-likeness (QED) is 0.734. The van der Waals surface area contributed by atoms with Crippen LogP contribution < -0.4 is 5.32 Å². The normalized spacial score (nSPS) is 22.5. The van der Waals surface area contributed by atoms with Crippen molar-refractivity contribution in [2.75, 3.05) is 0 Å². The van der Waals surface area contributed by atoms with Gasteiger partial charge in [-0.05, 0) is 35.6 Å². The molecule has 0 fully saturated rings. The molecule has 2 aromatic carbocycles. The van der Waals surface area contributed by atoms with Crippen LogP contribution in [0.4, 0.5) is 0 Å². The zero-order valence-corrected chi connectivity index (χ0v) is 13.8. The van der Waals surface area contributed by atoms with Crippen molar-refractivity contribution in [2.24, 2.45) is 0 Å². The van der Waals surface area contributed by atoms with Gasteiger partial charge in [-0.2, -0.15) is 0 Å². The summed E-state index contributed by atoms with van der Waals surface area (Å²) >= 11 is 0. The monoisotopic (exact) mass is 337 g/mol. The molecular weight excluding hydrogens is 318 g/mol. The van der Waals surface area contributed by atoms with Gasteiger partial charge in [0.1, 0.15) is 0 Å². The predicted octanol–water partition coefficient (Wildman–Crippen LogP) is 2.86. The summed E-state index contributed by atoms with van der Waals surface area (Å²) in [4.78, 5) is 19.1. The molecule has 4 rings (SSSR count). The average Bonchev–Trinajstić information content (AvgIpc) is 2.83. The minimum absolute atomic E-state index is 0.0100. The maximum atomic E-state index is 9.55. The summed E-state index contributed by atoms with van der Waals surface area (Å²) in [5.74, 6) is -2.51. The summed E-state index contributed by atoms with van der Waals surface area (Å²) < 4.78 is 0. The largest absolute Gasteiger partial charge is 0.478 e. The topological polar surface area (TPSA) is 86.6 Å². The molecule has 2 heterocycles. The van der Waals surface area contributed by atoms with E-state index in [1.54, 1.807) is 0 Å². The first-order valence-corrected chi connectivity index (χ1v) is 8.01. The minimum Gasteiger partial charge on any atom is -0.478 e. The minimum atomic E-state index is -1.26. The summed E-state index contributed by atoms with van der Waals surface area (Å²) in [6.45, 7) is 2.31. The third kappa shape index (κ3) is 3.19. The summed E-state index contributed by atoms with van der Waals surface area (Å²) in [5, 5.41) is 19.4. The Bertz CT molecular complexity index is 829. The average molecular weight is 337 g/mol. The van der Waals surface area contributed by atoms with Gasteiger partial charge in [0.2, 0.25) is 0 Å². The van der Waals surface area contributed by atoms with E-state index < -0.39 is 11.9 Å². The van der Waals surface area contributed by atoms with Crippen LogP contribution in [0.25, 0.3) is 0 Å². The molecule has 0 saturated carbocycles. The van der Waals surface area contributed by atoms with Crippen LogP contribution in [0, 0.1) is 0 Å². The van der Waals surface area contributed by atoms with E-state index in [1.165, 1.54) is 22.3 Å². The lowest BCUT2D eigenvalue weighted by Crippen LogP contribution is -2.41. The van der Waals surface area contributed by atoms with Crippen molar-refractivity contribution in [1.29, 1.82) is 0 Å². The Morgan fingerprint density at radius 3 is 2.20 bits per heavy atom. The van der Waals surface area contributed by atoms with Gasteiger partial charge in [0, 0.05) is 18.2 Å². The Morgan fingerprint density at radius 1 is 1.00 bits per heavy atom. The first-order valence-electron chi connectivity index (χ1n) is 8.01. The van der Waals surface area contributed by atoms with Gasteiger partial charge in [-0.1, -0.05) is 48.5 Å². The van der Waals surface area contributed by atoms with E-state index >= 15 is 0 Å². The lowest BCUT2D eigenvalue weighted by molar-refractivity contribution is -0.134. The third-order valence-corrected chi connectivity index (χ3v) is 4.69. The van der Waals surface area contributed by atoms with Gasteiger partial charge >= 0.3 is 11.9 Å². The van der Waals surface area contributed by atoms with Crippen molar-refractivity contribution in [3.8, 4) is 0 Å². The van der Waals surface area contributed by atoms with E-state index in [1.807, 2.05) is 0 Å². The van der Waals surface area contributed by atoms with E-state index in [-0.39, 0.29) is 5.54 Å². The second kappa shape index (κ2) is 6.53. The van der Waals surface area contributed by atoms with Gasteiger partial charge in [-0.3, -0.25) is 5.32 Å². The maximum Gasteiger partial charge on any atom is 0.328 e. The van der Waals surface area contributed by atoms with Crippen molar-refractivity contribution >= 4 is 11.9 Å². The molecule has 2 aromatic rings. The van der Waals surface area contributed by atoms with Gasteiger partial charge in [0.25, 0.3) is 0 Å². The fraction of sp³-hybridized carbons (Fsp3) is 0.200. The molecule has 2 aliphatic heterocycles. The van der Waals surface area contributed by atoms with Crippen LogP contribution in [0.15, 0.2) is 60.7 Å². The SMILES string of the molecule is C[C@]12N[C@H](Cc3ccccc31)c1ccccc12.O=C(O)C=CC(=O)O. The van der Waals surface area contributed by atoms with Crippen LogP contribution in [-0.2, 0) is 21.5 Å². The van der Waals surface area contributed by atoms with Gasteiger partial charge in [-0.15, -0.1) is 0 Å². The second-order valence-corrected chi connectivity index (χ2v) is 6.28. The molecule has 0 aromatic heterocycles. The zero-order valence-electron chi connectivity index (χ0n) is 13.8. The van der Waals surface area contributed by atoms with Gasteiger partial charge in [0.15, 0.2) is 0 Å². The lowest BCUT2D eigenvalue weighted by atomic mass is 9.82. The maximum absolute atomic E-state index is 9.55. The number of carbonyl (C=O) groups is 2. The first-order chi connectivity index (χ1) is 11.9. The van der Waals surface area contributed by atoms with Crippen LogP contribution in [0.5, 0.6) is 0 Å². The van der Waals surface area contributed by atoms with Gasteiger partial charge in [-0.25, -0.2) is 9.59 Å². The Labute approximate surface area is 145 Å². The smallest absolute Gasteiger partial charge is 0.328 e. The van der Waals surface area contributed by atoms with Crippen molar-refractivity contribution in [3.05, 3.63) is 82.9 Å². The van der Waals surface area contributed by atoms with Crippen molar-refractivity contribution in [3.63, 3.8) is 0 Å². The Hall–Kier alpha value is -2.92. The first kappa shape index (κ1) is 16.9. The highest BCUT2D eigenvalue weighted by Crippen LogP contribution is 2.47. The molecule has 2 aliphatic rings. The van der Waals surface area contributed by atoms with E-state index in [9.17, 15) is 9.59 Å². The molecule has 5 nitrogen and oxygen atoms in total. The molecule has 3 N–H and O–H groups in total. The number of hydrogen-bond donors (Lipinski definition) is 3. The molecule has 0 radical (unpaired) electrons. The Balaban J connectivity index is 0.000000197. The number of aliphatic carboxylic acids is 2. The van der Waals surface area contributed by atoms with Crippen LogP contribution in [0.2, 0.25) is 0 Å². The molecule has 2 bridgehead atoms. The summed E-state index contributed by atoms with van der Waals surface area (Å²) in [5.41, 5.74) is 5.88. The molecular formula is C20H19NO4. The molecule has 2 atom stereocenters. The molecule has 0 aliphatic carbocycles. The standard InChI is InChI=1S/C16H15N.C4H4O4/c1-16-13-8-4-2-6-11(13)10-15(17-16)12-7-3-5-9-14(12)16;5-3(6)1-2-4(7)8/h2-9,15,17H,10H2,1H3;1-2H,(H,5,6)(H,7,8)/t15-,16+;/m1./s1. The molecule has 0 spiro atoms. The number of benzene rings is 2. The van der Waals surface area contributed by atoms with Crippen molar-refractivity contribution in [2.45, 2.75) is 24.9 Å². The number of carboxylic acid groups (broad SMARTS) is 2. The van der Waals surface area contributed by atoms with Gasteiger partial charge in [0.05, 0.1) is 5.54 Å². The molecule has 128 valence electrons. The Kier molecular flexibility index (Phi) is 4.42. The fourth-order valence-electron chi connectivity index (χ4n) is 3.69. The molecule has 5 heteroatoms. The van der Waals surface area contributed by atoms with Gasteiger partial charge < -0.3 is 10.2 Å². The zero-order chi connectivity index (χ0) is 18.0. The van der Waals surface area contributed by atoms with E-state index in [4.69, 9.17) is 10.2 Å². The highest BCUT2D eigenvalue weighted by atomic mass is 16.4. The highest BCUT2D eigenvalue weighted by Gasteiger charge is 2.45. The van der Waals surface area contributed by atoms with Crippen LogP contribution in [0.3, 0.4) is 0 Å². The fourth-order valence-corrected chi connectivity index (χ4v) is 3.69. The third-order valence-electron chi connectivity index (χ3n) is 4.69. The summed E-state index contributed by atoms with van der Waals surface area (Å²) in [6.07, 6.45) is 2.23. The number of hydrogen-bond acceptors (Lipinski definition) is 3. The number of rotatable bonds is 2. The lowest BCUT2D eigenvalue weighted by Gasteiger charge is -2.34. The van der Waals surface area contributed by atoms with Crippen LogP contribution >= 0.6 is 0 Å².